The zero-order valence-corrected chi connectivity index (χ0v) is 11.5. The van der Waals surface area contributed by atoms with E-state index in [9.17, 15) is 9.90 Å². The van der Waals surface area contributed by atoms with Crippen molar-refractivity contribution >= 4 is 11.0 Å². The fourth-order valence-corrected chi connectivity index (χ4v) is 1.73. The van der Waals surface area contributed by atoms with E-state index in [1.54, 1.807) is 25.1 Å². The van der Waals surface area contributed by atoms with Crippen LogP contribution >= 0.6 is 0 Å². The Labute approximate surface area is 120 Å². The average molecular weight is 292 g/mol. The highest BCUT2D eigenvalue weighted by Crippen LogP contribution is 2.33. The largest absolute Gasteiger partial charge is 0.504 e. The van der Waals surface area contributed by atoms with Gasteiger partial charge in [-0.3, -0.25) is 0 Å². The van der Waals surface area contributed by atoms with Crippen LogP contribution in [-0.2, 0) is 0 Å². The Bertz CT molecular complexity index is 701. The Morgan fingerprint density at radius 3 is 2.90 bits per heavy atom. The minimum absolute atomic E-state index is 0.0368. The van der Waals surface area contributed by atoms with E-state index in [0.29, 0.717) is 24.2 Å². The zero-order valence-electron chi connectivity index (χ0n) is 11.5. The summed E-state index contributed by atoms with van der Waals surface area (Å²) in [4.78, 5) is 11.8. The van der Waals surface area contributed by atoms with Gasteiger partial charge < -0.3 is 24.1 Å². The molecule has 6 heteroatoms. The smallest absolute Gasteiger partial charge is 0.383 e. The molecule has 0 aliphatic rings. The molecule has 0 saturated heterocycles. The zero-order chi connectivity index (χ0) is 15.2. The van der Waals surface area contributed by atoms with Crippen molar-refractivity contribution in [1.29, 1.82) is 0 Å². The van der Waals surface area contributed by atoms with Crippen molar-refractivity contribution in [3.05, 3.63) is 41.0 Å². The normalized spacial score (nSPS) is 11.1. The summed E-state index contributed by atoms with van der Waals surface area (Å²) in [6, 6.07) is 4.72. The molecule has 1 aromatic carbocycles. The summed E-state index contributed by atoms with van der Waals surface area (Å²) in [5.74, 6) is -0.0450. The Morgan fingerprint density at radius 1 is 1.38 bits per heavy atom. The number of benzene rings is 1. The van der Waals surface area contributed by atoms with Gasteiger partial charge in [0.05, 0.1) is 18.3 Å². The minimum Gasteiger partial charge on any atom is -0.504 e. The van der Waals surface area contributed by atoms with Crippen LogP contribution in [0.3, 0.4) is 0 Å². The van der Waals surface area contributed by atoms with Gasteiger partial charge >= 0.3 is 5.63 Å². The Hall–Kier alpha value is -2.47. The first-order chi connectivity index (χ1) is 10.2. The average Bonchev–Trinajstić information content (AvgIpc) is 2.47. The summed E-state index contributed by atoms with van der Waals surface area (Å²) in [5.41, 5.74) is -0.572. The molecule has 0 amide bonds. The number of aliphatic hydroxyl groups is 1. The number of aromatic hydroxyl groups is 1. The van der Waals surface area contributed by atoms with E-state index in [1.165, 1.54) is 12.3 Å². The fraction of sp³-hybridized carbons (Fsp3) is 0.267. The van der Waals surface area contributed by atoms with Gasteiger partial charge in [0.2, 0.25) is 0 Å². The monoisotopic (exact) mass is 292 g/mol. The maximum atomic E-state index is 11.8. The molecule has 2 N–H and O–H groups in total. The number of fused-ring (bicyclic) bond motifs is 1. The summed E-state index contributed by atoms with van der Waals surface area (Å²) < 4.78 is 15.5. The minimum atomic E-state index is -0.773. The van der Waals surface area contributed by atoms with E-state index < -0.39 is 5.63 Å². The SMILES string of the molecule is CC=COc1c(O)c2ccc(OCCCO)cc2oc1=O. The predicted molar refractivity (Wildman–Crippen MR) is 76.8 cm³/mol. The Kier molecular flexibility index (Phi) is 4.84. The Morgan fingerprint density at radius 2 is 2.19 bits per heavy atom. The van der Waals surface area contributed by atoms with Crippen molar-refractivity contribution in [2.45, 2.75) is 13.3 Å². The van der Waals surface area contributed by atoms with Crippen molar-refractivity contribution in [1.82, 2.24) is 0 Å². The summed E-state index contributed by atoms with van der Waals surface area (Å²) in [6.07, 6.45) is 3.37. The maximum Gasteiger partial charge on any atom is 0.383 e. The summed E-state index contributed by atoms with van der Waals surface area (Å²) >= 11 is 0. The topological polar surface area (TPSA) is 89.1 Å². The molecule has 0 atom stereocenters. The predicted octanol–water partition coefficient (Wildman–Crippen LogP) is 2.17. The first-order valence-electron chi connectivity index (χ1n) is 6.48. The van der Waals surface area contributed by atoms with Crippen LogP contribution in [-0.4, -0.2) is 23.4 Å². The second kappa shape index (κ2) is 6.81. The first kappa shape index (κ1) is 14.9. The van der Waals surface area contributed by atoms with Gasteiger partial charge in [-0.25, -0.2) is 4.79 Å². The third-order valence-corrected chi connectivity index (χ3v) is 2.70. The van der Waals surface area contributed by atoms with Gasteiger partial charge in [-0.15, -0.1) is 0 Å². The van der Waals surface area contributed by atoms with Crippen molar-refractivity contribution in [3.8, 4) is 17.2 Å². The van der Waals surface area contributed by atoms with Crippen LogP contribution in [0.2, 0.25) is 0 Å². The van der Waals surface area contributed by atoms with Crippen LogP contribution in [0.5, 0.6) is 17.2 Å². The molecule has 0 unspecified atom stereocenters. The molecular formula is C15H16O6. The standard InChI is InChI=1S/C15H16O6/c1-2-7-20-14-13(17)11-5-4-10(19-8-3-6-16)9-12(11)21-15(14)18/h2,4-5,7,9,16-17H,3,6,8H2,1H3. The van der Waals surface area contributed by atoms with Crippen LogP contribution in [0, 0.1) is 0 Å². The quantitative estimate of drug-likeness (QED) is 0.482. The highest BCUT2D eigenvalue weighted by atomic mass is 16.5. The number of hydrogen-bond acceptors (Lipinski definition) is 6. The second-order valence-electron chi connectivity index (χ2n) is 4.24. The number of rotatable bonds is 6. The van der Waals surface area contributed by atoms with Gasteiger partial charge in [-0.05, 0) is 19.1 Å². The molecule has 2 rings (SSSR count). The summed E-state index contributed by atoms with van der Waals surface area (Å²) in [5, 5.41) is 19.1. The molecule has 112 valence electrons. The number of hydrogen-bond donors (Lipinski definition) is 2. The van der Waals surface area contributed by atoms with E-state index in [-0.39, 0.29) is 23.7 Å². The molecule has 0 bridgehead atoms. The number of allylic oxidation sites excluding steroid dienone is 1. The number of ether oxygens (including phenoxy) is 2. The lowest BCUT2D eigenvalue weighted by Gasteiger charge is -2.08. The first-order valence-corrected chi connectivity index (χ1v) is 6.48. The Balaban J connectivity index is 2.39. The maximum absolute atomic E-state index is 11.8. The van der Waals surface area contributed by atoms with Gasteiger partial charge in [0.25, 0.3) is 5.75 Å². The van der Waals surface area contributed by atoms with Crippen LogP contribution in [0.4, 0.5) is 0 Å². The molecular weight excluding hydrogens is 276 g/mol. The van der Waals surface area contributed by atoms with E-state index in [1.807, 2.05) is 0 Å². The van der Waals surface area contributed by atoms with Gasteiger partial charge in [-0.1, -0.05) is 6.08 Å². The lowest BCUT2D eigenvalue weighted by Crippen LogP contribution is -2.04. The summed E-state index contributed by atoms with van der Waals surface area (Å²) in [6.45, 7) is 2.10. The van der Waals surface area contributed by atoms with Gasteiger partial charge in [-0.2, -0.15) is 0 Å². The van der Waals surface area contributed by atoms with Gasteiger partial charge in [0.15, 0.2) is 5.75 Å². The molecule has 0 spiro atoms. The molecule has 0 aliphatic carbocycles. The molecule has 0 aliphatic heterocycles. The second-order valence-corrected chi connectivity index (χ2v) is 4.24. The van der Waals surface area contributed by atoms with Crippen molar-refractivity contribution < 1.29 is 24.1 Å². The molecule has 1 aromatic heterocycles. The molecule has 0 saturated carbocycles. The van der Waals surface area contributed by atoms with Crippen molar-refractivity contribution in [2.75, 3.05) is 13.2 Å². The van der Waals surface area contributed by atoms with Crippen molar-refractivity contribution in [3.63, 3.8) is 0 Å². The molecule has 2 aromatic rings. The van der Waals surface area contributed by atoms with Crippen LogP contribution in [0.25, 0.3) is 11.0 Å². The number of aliphatic hydroxyl groups excluding tert-OH is 1. The van der Waals surface area contributed by atoms with Crippen LogP contribution in [0.15, 0.2) is 39.7 Å². The van der Waals surface area contributed by atoms with Crippen LogP contribution < -0.4 is 15.1 Å². The molecule has 1 heterocycles. The van der Waals surface area contributed by atoms with E-state index in [0.717, 1.165) is 0 Å². The third-order valence-electron chi connectivity index (χ3n) is 2.70. The lowest BCUT2D eigenvalue weighted by molar-refractivity contribution is 0.233. The van der Waals surface area contributed by atoms with Gasteiger partial charge in [0.1, 0.15) is 11.3 Å². The molecule has 21 heavy (non-hydrogen) atoms. The molecule has 0 fully saturated rings. The van der Waals surface area contributed by atoms with E-state index >= 15 is 0 Å². The van der Waals surface area contributed by atoms with Gasteiger partial charge in [0, 0.05) is 19.1 Å². The molecule has 6 nitrogen and oxygen atoms in total. The highest BCUT2D eigenvalue weighted by molar-refractivity contribution is 5.86. The summed E-state index contributed by atoms with van der Waals surface area (Å²) in [7, 11) is 0. The highest BCUT2D eigenvalue weighted by Gasteiger charge is 2.15. The van der Waals surface area contributed by atoms with Crippen molar-refractivity contribution in [2.24, 2.45) is 0 Å². The lowest BCUT2D eigenvalue weighted by atomic mass is 10.2. The van der Waals surface area contributed by atoms with Crippen LogP contribution in [0.1, 0.15) is 13.3 Å². The van der Waals surface area contributed by atoms with E-state index in [2.05, 4.69) is 0 Å². The molecule has 0 radical (unpaired) electrons. The van der Waals surface area contributed by atoms with E-state index in [4.69, 9.17) is 19.0 Å². The fourth-order valence-electron chi connectivity index (χ4n) is 1.73. The third kappa shape index (κ3) is 3.35.